The minimum atomic E-state index is -0.0762. The third-order valence-corrected chi connectivity index (χ3v) is 3.59. The molecular weight excluding hydrogens is 292 g/mol. The van der Waals surface area contributed by atoms with Crippen LogP contribution in [0, 0.1) is 6.92 Å². The van der Waals surface area contributed by atoms with Gasteiger partial charge in [0.1, 0.15) is 5.76 Å². The Morgan fingerprint density at radius 2 is 1.91 bits per heavy atom. The van der Waals surface area contributed by atoms with E-state index < -0.39 is 0 Å². The van der Waals surface area contributed by atoms with Gasteiger partial charge in [0, 0.05) is 26.4 Å². The number of rotatable bonds is 7. The maximum absolute atomic E-state index is 11.9. The lowest BCUT2D eigenvalue weighted by molar-refractivity contribution is -0.130. The van der Waals surface area contributed by atoms with E-state index in [1.165, 1.54) is 12.5 Å². The Morgan fingerprint density at radius 3 is 2.52 bits per heavy atom. The molecule has 0 aliphatic rings. The molecule has 1 aromatic heterocycles. The van der Waals surface area contributed by atoms with E-state index in [0.717, 1.165) is 5.56 Å². The van der Waals surface area contributed by atoms with Gasteiger partial charge in [-0.3, -0.25) is 9.59 Å². The molecule has 1 aromatic carbocycles. The number of hydrogen-bond acceptors (Lipinski definition) is 3. The maximum Gasteiger partial charge on any atom is 0.222 e. The Bertz CT molecular complexity index is 633. The molecule has 1 N–H and O–H groups in total. The molecule has 1 heterocycles. The van der Waals surface area contributed by atoms with E-state index in [1.807, 2.05) is 37.3 Å². The van der Waals surface area contributed by atoms with Crippen LogP contribution in [-0.2, 0) is 22.7 Å². The van der Waals surface area contributed by atoms with Crippen LogP contribution in [0.2, 0.25) is 0 Å². The average Bonchev–Trinajstić information content (AvgIpc) is 3.03. The fourth-order valence-corrected chi connectivity index (χ4v) is 2.17. The van der Waals surface area contributed by atoms with Gasteiger partial charge in [-0.15, -0.1) is 0 Å². The first kappa shape index (κ1) is 16.8. The molecule has 0 saturated carbocycles. The van der Waals surface area contributed by atoms with Crippen molar-refractivity contribution >= 4 is 11.8 Å². The minimum absolute atomic E-state index is 0.0729. The van der Waals surface area contributed by atoms with E-state index >= 15 is 0 Å². The highest BCUT2D eigenvalue weighted by Gasteiger charge is 2.13. The first-order valence-electron chi connectivity index (χ1n) is 7.65. The number of benzene rings is 1. The summed E-state index contributed by atoms with van der Waals surface area (Å²) < 4.78 is 5.24. The predicted molar refractivity (Wildman–Crippen MR) is 87.4 cm³/mol. The topological polar surface area (TPSA) is 62.6 Å². The molecule has 0 radical (unpaired) electrons. The van der Waals surface area contributed by atoms with Crippen LogP contribution in [0.3, 0.4) is 0 Å². The molecule has 0 aliphatic heterocycles. The predicted octanol–water partition coefficient (Wildman–Crippen LogP) is 2.64. The van der Waals surface area contributed by atoms with Crippen LogP contribution < -0.4 is 5.32 Å². The van der Waals surface area contributed by atoms with Crippen LogP contribution in [-0.4, -0.2) is 23.3 Å². The number of nitrogens with one attached hydrogen (secondary N) is 1. The van der Waals surface area contributed by atoms with E-state index in [2.05, 4.69) is 5.32 Å². The molecule has 0 unspecified atom stereocenters. The smallest absolute Gasteiger partial charge is 0.222 e. The molecule has 122 valence electrons. The number of aryl methyl sites for hydroxylation is 1. The summed E-state index contributed by atoms with van der Waals surface area (Å²) in [7, 11) is 0. The SMILES string of the molecule is CC(=O)N(CCC(=O)NCc1ccc(C)cc1)Cc1ccco1. The van der Waals surface area contributed by atoms with Crippen LogP contribution in [0.1, 0.15) is 30.2 Å². The van der Waals surface area contributed by atoms with Crippen LogP contribution in [0.15, 0.2) is 47.1 Å². The second-order valence-corrected chi connectivity index (χ2v) is 5.53. The fraction of sp³-hybridized carbons (Fsp3) is 0.333. The number of carbonyl (C=O) groups excluding carboxylic acids is 2. The molecule has 0 saturated heterocycles. The summed E-state index contributed by atoms with van der Waals surface area (Å²) in [5.41, 5.74) is 2.25. The van der Waals surface area contributed by atoms with E-state index in [0.29, 0.717) is 25.4 Å². The third kappa shape index (κ3) is 5.62. The van der Waals surface area contributed by atoms with Crippen molar-refractivity contribution in [3.05, 3.63) is 59.5 Å². The summed E-state index contributed by atoms with van der Waals surface area (Å²) in [6.07, 6.45) is 1.84. The highest BCUT2D eigenvalue weighted by molar-refractivity contribution is 5.78. The van der Waals surface area contributed by atoms with Crippen molar-refractivity contribution in [3.63, 3.8) is 0 Å². The lowest BCUT2D eigenvalue weighted by atomic mass is 10.1. The molecule has 5 nitrogen and oxygen atoms in total. The van der Waals surface area contributed by atoms with E-state index in [-0.39, 0.29) is 18.2 Å². The van der Waals surface area contributed by atoms with Gasteiger partial charge in [-0.2, -0.15) is 0 Å². The molecule has 2 amide bonds. The van der Waals surface area contributed by atoms with Gasteiger partial charge in [-0.05, 0) is 24.6 Å². The molecule has 0 aliphatic carbocycles. The summed E-state index contributed by atoms with van der Waals surface area (Å²) in [5, 5.41) is 2.87. The van der Waals surface area contributed by atoms with Crippen molar-refractivity contribution < 1.29 is 14.0 Å². The molecule has 0 spiro atoms. The summed E-state index contributed by atoms with van der Waals surface area (Å²) in [5.74, 6) is 0.560. The van der Waals surface area contributed by atoms with Crippen LogP contribution in [0.25, 0.3) is 0 Å². The van der Waals surface area contributed by atoms with Crippen molar-refractivity contribution in [1.82, 2.24) is 10.2 Å². The lowest BCUT2D eigenvalue weighted by Crippen LogP contribution is -2.33. The molecule has 2 aromatic rings. The highest BCUT2D eigenvalue weighted by Crippen LogP contribution is 2.07. The van der Waals surface area contributed by atoms with Gasteiger partial charge in [-0.1, -0.05) is 29.8 Å². The van der Waals surface area contributed by atoms with Crippen molar-refractivity contribution in [2.75, 3.05) is 6.54 Å². The summed E-state index contributed by atoms with van der Waals surface area (Å²) in [6, 6.07) is 11.6. The molecule has 23 heavy (non-hydrogen) atoms. The highest BCUT2D eigenvalue weighted by atomic mass is 16.3. The average molecular weight is 314 g/mol. The summed E-state index contributed by atoms with van der Waals surface area (Å²) in [6.45, 7) is 4.77. The normalized spacial score (nSPS) is 10.3. The zero-order valence-corrected chi connectivity index (χ0v) is 13.5. The third-order valence-electron chi connectivity index (χ3n) is 3.59. The monoisotopic (exact) mass is 314 g/mol. The molecule has 0 bridgehead atoms. The van der Waals surface area contributed by atoms with E-state index in [4.69, 9.17) is 4.42 Å². The Kier molecular flexibility index (Phi) is 5.97. The fourth-order valence-electron chi connectivity index (χ4n) is 2.17. The van der Waals surface area contributed by atoms with Gasteiger partial charge in [0.25, 0.3) is 0 Å². The van der Waals surface area contributed by atoms with Crippen molar-refractivity contribution in [2.45, 2.75) is 33.4 Å². The Morgan fingerprint density at radius 1 is 1.17 bits per heavy atom. The molecule has 0 fully saturated rings. The number of furan rings is 1. The zero-order chi connectivity index (χ0) is 16.7. The van der Waals surface area contributed by atoms with E-state index in [1.54, 1.807) is 17.2 Å². The molecule has 0 atom stereocenters. The first-order chi connectivity index (χ1) is 11.0. The number of amides is 2. The first-order valence-corrected chi connectivity index (χ1v) is 7.65. The van der Waals surface area contributed by atoms with Crippen molar-refractivity contribution in [1.29, 1.82) is 0 Å². The number of hydrogen-bond donors (Lipinski definition) is 1. The van der Waals surface area contributed by atoms with Crippen LogP contribution in [0.4, 0.5) is 0 Å². The molecular formula is C18H22N2O3. The zero-order valence-electron chi connectivity index (χ0n) is 13.5. The Labute approximate surface area is 136 Å². The molecule has 2 rings (SSSR count). The summed E-state index contributed by atoms with van der Waals surface area (Å²) in [4.78, 5) is 25.2. The van der Waals surface area contributed by atoms with Gasteiger partial charge < -0.3 is 14.6 Å². The van der Waals surface area contributed by atoms with Gasteiger partial charge in [-0.25, -0.2) is 0 Å². The number of nitrogens with zero attached hydrogens (tertiary/aromatic N) is 1. The Hall–Kier alpha value is -2.56. The standard InChI is InChI=1S/C18H22N2O3/c1-14-5-7-16(8-6-14)12-19-18(22)9-10-20(15(2)21)13-17-4-3-11-23-17/h3-8,11H,9-10,12-13H2,1-2H3,(H,19,22). The second kappa shape index (κ2) is 8.17. The Balaban J connectivity index is 1.77. The van der Waals surface area contributed by atoms with Crippen molar-refractivity contribution in [2.24, 2.45) is 0 Å². The van der Waals surface area contributed by atoms with Gasteiger partial charge in [0.15, 0.2) is 0 Å². The number of carbonyl (C=O) groups is 2. The van der Waals surface area contributed by atoms with Gasteiger partial charge in [0.2, 0.25) is 11.8 Å². The largest absolute Gasteiger partial charge is 0.467 e. The second-order valence-electron chi connectivity index (χ2n) is 5.53. The molecule has 5 heteroatoms. The van der Waals surface area contributed by atoms with E-state index in [9.17, 15) is 9.59 Å². The minimum Gasteiger partial charge on any atom is -0.467 e. The van der Waals surface area contributed by atoms with Gasteiger partial charge >= 0.3 is 0 Å². The summed E-state index contributed by atoms with van der Waals surface area (Å²) >= 11 is 0. The maximum atomic E-state index is 11.9. The van der Waals surface area contributed by atoms with Gasteiger partial charge in [0.05, 0.1) is 12.8 Å². The van der Waals surface area contributed by atoms with Crippen LogP contribution >= 0.6 is 0 Å². The quantitative estimate of drug-likeness (QED) is 0.854. The van der Waals surface area contributed by atoms with Crippen LogP contribution in [0.5, 0.6) is 0 Å². The van der Waals surface area contributed by atoms with Crippen molar-refractivity contribution in [3.8, 4) is 0 Å². The lowest BCUT2D eigenvalue weighted by Gasteiger charge is -2.19.